The van der Waals surface area contributed by atoms with Gasteiger partial charge in [0.25, 0.3) is 5.91 Å². The lowest BCUT2D eigenvalue weighted by atomic mass is 9.93. The van der Waals surface area contributed by atoms with Crippen LogP contribution < -0.4 is 0 Å². The molecule has 4 nitrogen and oxygen atoms in total. The molecule has 4 heteroatoms. The molecule has 0 fully saturated rings. The van der Waals surface area contributed by atoms with Gasteiger partial charge in [-0.15, -0.1) is 0 Å². The first-order valence-corrected chi connectivity index (χ1v) is 12.3. The summed E-state index contributed by atoms with van der Waals surface area (Å²) < 4.78 is 8.09. The van der Waals surface area contributed by atoms with Crippen molar-refractivity contribution in [3.05, 3.63) is 95.6 Å². The molecule has 0 unspecified atom stereocenters. The largest absolute Gasteiger partial charge is 0.381 e. The van der Waals surface area contributed by atoms with E-state index in [1.54, 1.807) is 0 Å². The Kier molecular flexibility index (Phi) is 6.50. The zero-order valence-corrected chi connectivity index (χ0v) is 20.0. The quantitative estimate of drug-likeness (QED) is 0.268. The Morgan fingerprint density at radius 2 is 1.56 bits per heavy atom. The Morgan fingerprint density at radius 3 is 2.38 bits per heavy atom. The molecule has 0 bridgehead atoms. The van der Waals surface area contributed by atoms with Gasteiger partial charge in [0.05, 0.1) is 11.7 Å². The van der Waals surface area contributed by atoms with Gasteiger partial charge in [0.1, 0.15) is 0 Å². The fourth-order valence-corrected chi connectivity index (χ4v) is 5.24. The molecule has 34 heavy (non-hydrogen) atoms. The minimum Gasteiger partial charge on any atom is -0.381 e. The van der Waals surface area contributed by atoms with Gasteiger partial charge in [-0.05, 0) is 36.1 Å². The van der Waals surface area contributed by atoms with E-state index in [1.807, 2.05) is 24.3 Å². The summed E-state index contributed by atoms with van der Waals surface area (Å²) >= 11 is 0. The normalized spacial score (nSPS) is 15.3. The minimum atomic E-state index is -0.124. The maximum absolute atomic E-state index is 13.6. The third kappa shape index (κ3) is 3.92. The molecule has 1 aliphatic heterocycles. The molecule has 1 atom stereocenters. The summed E-state index contributed by atoms with van der Waals surface area (Å²) in [7, 11) is 2.13. The zero-order valence-electron chi connectivity index (χ0n) is 20.0. The number of nitrogens with zero attached hydrogens (tertiary/aromatic N) is 2. The zero-order chi connectivity index (χ0) is 23.5. The molecule has 1 amide bonds. The first-order chi connectivity index (χ1) is 16.7. The lowest BCUT2D eigenvalue weighted by Gasteiger charge is -2.27. The van der Waals surface area contributed by atoms with Gasteiger partial charge in [-0.3, -0.25) is 4.79 Å². The van der Waals surface area contributed by atoms with Gasteiger partial charge < -0.3 is 14.2 Å². The molecule has 174 valence electrons. The molecule has 0 radical (unpaired) electrons. The van der Waals surface area contributed by atoms with Crippen LogP contribution in [0.4, 0.5) is 0 Å². The Balaban J connectivity index is 1.62. The van der Waals surface area contributed by atoms with Gasteiger partial charge in [-0.25, -0.2) is 0 Å². The first-order valence-electron chi connectivity index (χ1n) is 12.3. The number of hydrogen-bond acceptors (Lipinski definition) is 2. The smallest absolute Gasteiger partial charge is 0.255 e. The number of unbranched alkanes of at least 4 members (excludes halogenated alkanes) is 1. The third-order valence-corrected chi connectivity index (χ3v) is 6.86. The molecule has 1 aromatic heterocycles. The van der Waals surface area contributed by atoms with Crippen LogP contribution in [-0.4, -0.2) is 35.1 Å². The standard InChI is InChI=1S/C30H32N2O2/c1-3-4-20-34-21-12-19-32-29(23-15-8-9-16-24(23)30(32)33)27-25-17-10-11-18-26(25)31(2)28(27)22-13-6-5-7-14-22/h5-11,13-18,29H,3-4,12,19-21H2,1-2H3/t29-/m1/s1. The highest BCUT2D eigenvalue weighted by Crippen LogP contribution is 2.46. The number of carbonyl (C=O) groups excluding carboxylic acids is 1. The summed E-state index contributed by atoms with van der Waals surface area (Å²) in [5, 5.41) is 1.20. The van der Waals surface area contributed by atoms with E-state index in [4.69, 9.17) is 4.74 Å². The van der Waals surface area contributed by atoms with Crippen molar-refractivity contribution in [1.82, 2.24) is 9.47 Å². The summed E-state index contributed by atoms with van der Waals surface area (Å²) in [6.45, 7) is 4.30. The number of hydrogen-bond donors (Lipinski definition) is 0. The molecule has 1 aliphatic rings. The SMILES string of the molecule is CCCCOCCCN1C(=O)c2ccccc2[C@@H]1c1c(-c2ccccc2)n(C)c2ccccc12. The van der Waals surface area contributed by atoms with Gasteiger partial charge in [-0.1, -0.05) is 80.1 Å². The van der Waals surface area contributed by atoms with Crippen LogP contribution in [0.25, 0.3) is 22.2 Å². The van der Waals surface area contributed by atoms with E-state index in [0.29, 0.717) is 13.2 Å². The number of amides is 1. The molecular weight excluding hydrogens is 420 g/mol. The topological polar surface area (TPSA) is 34.5 Å². The number of ether oxygens (including phenoxy) is 1. The highest BCUT2D eigenvalue weighted by molar-refractivity contribution is 6.02. The molecule has 4 aromatic rings. The van der Waals surface area contributed by atoms with E-state index in [0.717, 1.165) is 42.6 Å². The van der Waals surface area contributed by atoms with E-state index < -0.39 is 0 Å². The predicted molar refractivity (Wildman–Crippen MR) is 138 cm³/mol. The highest BCUT2D eigenvalue weighted by atomic mass is 16.5. The van der Waals surface area contributed by atoms with Crippen molar-refractivity contribution in [3.63, 3.8) is 0 Å². The van der Waals surface area contributed by atoms with Gasteiger partial charge in [-0.2, -0.15) is 0 Å². The molecule has 5 rings (SSSR count). The molecule has 3 aromatic carbocycles. The monoisotopic (exact) mass is 452 g/mol. The van der Waals surface area contributed by atoms with Crippen molar-refractivity contribution in [2.75, 3.05) is 19.8 Å². The Morgan fingerprint density at radius 1 is 0.853 bits per heavy atom. The molecule has 0 saturated heterocycles. The molecule has 0 spiro atoms. The van der Waals surface area contributed by atoms with E-state index in [2.05, 4.69) is 78.0 Å². The van der Waals surface area contributed by atoms with Crippen molar-refractivity contribution >= 4 is 16.8 Å². The number of carbonyl (C=O) groups is 1. The van der Waals surface area contributed by atoms with Crippen LogP contribution >= 0.6 is 0 Å². The number of aromatic nitrogens is 1. The summed E-state index contributed by atoms with van der Waals surface area (Å²) in [6.07, 6.45) is 3.03. The van der Waals surface area contributed by atoms with Crippen LogP contribution in [0.3, 0.4) is 0 Å². The molecule has 0 aliphatic carbocycles. The number of benzene rings is 3. The lowest BCUT2D eigenvalue weighted by Crippen LogP contribution is -2.30. The van der Waals surface area contributed by atoms with Gasteiger partial charge in [0.2, 0.25) is 0 Å². The summed E-state index contributed by atoms with van der Waals surface area (Å²) in [6, 6.07) is 27.0. The van der Waals surface area contributed by atoms with Crippen molar-refractivity contribution in [2.45, 2.75) is 32.2 Å². The van der Waals surface area contributed by atoms with Crippen molar-refractivity contribution in [2.24, 2.45) is 7.05 Å². The Labute approximate surface area is 201 Å². The Bertz CT molecular complexity index is 1290. The van der Waals surface area contributed by atoms with Crippen molar-refractivity contribution in [1.29, 1.82) is 0 Å². The van der Waals surface area contributed by atoms with Gasteiger partial charge in [0, 0.05) is 48.8 Å². The fraction of sp³-hybridized carbons (Fsp3) is 0.300. The second-order valence-corrected chi connectivity index (χ2v) is 9.01. The summed E-state index contributed by atoms with van der Waals surface area (Å²) in [4.78, 5) is 15.7. The average molecular weight is 453 g/mol. The number of aryl methyl sites for hydroxylation is 1. The maximum atomic E-state index is 13.6. The van der Waals surface area contributed by atoms with Crippen molar-refractivity contribution in [3.8, 4) is 11.3 Å². The molecule has 2 heterocycles. The third-order valence-electron chi connectivity index (χ3n) is 6.86. The maximum Gasteiger partial charge on any atom is 0.255 e. The number of fused-ring (bicyclic) bond motifs is 2. The average Bonchev–Trinajstić information content (AvgIpc) is 3.32. The van der Waals surface area contributed by atoms with E-state index in [-0.39, 0.29) is 11.9 Å². The fourth-order valence-electron chi connectivity index (χ4n) is 5.24. The Hall–Kier alpha value is -3.37. The van der Waals surface area contributed by atoms with Crippen LogP contribution in [0.5, 0.6) is 0 Å². The second kappa shape index (κ2) is 9.86. The van der Waals surface area contributed by atoms with E-state index >= 15 is 0 Å². The van der Waals surface area contributed by atoms with Crippen LogP contribution in [0.15, 0.2) is 78.9 Å². The molecular formula is C30H32N2O2. The van der Waals surface area contributed by atoms with Crippen LogP contribution in [0.1, 0.15) is 53.7 Å². The van der Waals surface area contributed by atoms with Gasteiger partial charge >= 0.3 is 0 Å². The second-order valence-electron chi connectivity index (χ2n) is 9.01. The number of para-hydroxylation sites is 1. The molecule has 0 saturated carbocycles. The number of rotatable bonds is 9. The van der Waals surface area contributed by atoms with Crippen LogP contribution in [-0.2, 0) is 11.8 Å². The van der Waals surface area contributed by atoms with Crippen LogP contribution in [0.2, 0.25) is 0 Å². The van der Waals surface area contributed by atoms with Gasteiger partial charge in [0.15, 0.2) is 0 Å². The highest BCUT2D eigenvalue weighted by Gasteiger charge is 2.40. The van der Waals surface area contributed by atoms with E-state index in [9.17, 15) is 4.79 Å². The lowest BCUT2D eigenvalue weighted by molar-refractivity contribution is 0.0709. The van der Waals surface area contributed by atoms with Crippen LogP contribution in [0, 0.1) is 0 Å². The molecule has 0 N–H and O–H groups in total. The van der Waals surface area contributed by atoms with Crippen molar-refractivity contribution < 1.29 is 9.53 Å². The summed E-state index contributed by atoms with van der Waals surface area (Å²) in [5.74, 6) is 0.112. The minimum absolute atomic E-state index is 0.112. The summed E-state index contributed by atoms with van der Waals surface area (Å²) in [5.41, 5.74) is 6.61. The predicted octanol–water partition coefficient (Wildman–Crippen LogP) is 6.60. The van der Waals surface area contributed by atoms with E-state index in [1.165, 1.54) is 22.2 Å². The first kappa shape index (κ1) is 22.4.